The standard InChI is InChI=1S/C18H22N2/c1-15-13-19-18(12-16-8-4-2-5-9-16)20(15)14-17-10-6-3-7-11-17/h2-11,15,18-19H,12-14H2,1H3. The fraction of sp³-hybridized carbons (Fsp3) is 0.333. The van der Waals surface area contributed by atoms with Crippen LogP contribution in [0.25, 0.3) is 0 Å². The molecule has 0 spiro atoms. The lowest BCUT2D eigenvalue weighted by Gasteiger charge is -2.27. The van der Waals surface area contributed by atoms with E-state index in [-0.39, 0.29) is 0 Å². The zero-order valence-corrected chi connectivity index (χ0v) is 12.0. The molecule has 2 nitrogen and oxygen atoms in total. The van der Waals surface area contributed by atoms with Gasteiger partial charge in [-0.25, -0.2) is 0 Å². The summed E-state index contributed by atoms with van der Waals surface area (Å²) in [5.74, 6) is 0. The number of nitrogens with one attached hydrogen (secondary N) is 1. The van der Waals surface area contributed by atoms with Gasteiger partial charge >= 0.3 is 0 Å². The highest BCUT2D eigenvalue weighted by atomic mass is 15.3. The minimum atomic E-state index is 0.438. The predicted molar refractivity (Wildman–Crippen MR) is 83.4 cm³/mol. The molecular formula is C18H22N2. The van der Waals surface area contributed by atoms with Gasteiger partial charge in [0.15, 0.2) is 0 Å². The van der Waals surface area contributed by atoms with Crippen LogP contribution in [0.5, 0.6) is 0 Å². The minimum Gasteiger partial charge on any atom is -0.300 e. The summed E-state index contributed by atoms with van der Waals surface area (Å²) in [6, 6.07) is 22.1. The van der Waals surface area contributed by atoms with Gasteiger partial charge in [0.25, 0.3) is 0 Å². The lowest BCUT2D eigenvalue weighted by Crippen LogP contribution is -2.39. The molecule has 2 unspecified atom stereocenters. The highest BCUT2D eigenvalue weighted by Crippen LogP contribution is 2.18. The molecule has 0 bridgehead atoms. The molecular weight excluding hydrogens is 244 g/mol. The third-order valence-corrected chi connectivity index (χ3v) is 4.10. The van der Waals surface area contributed by atoms with Crippen molar-refractivity contribution in [2.45, 2.75) is 32.1 Å². The Hall–Kier alpha value is -1.64. The summed E-state index contributed by atoms with van der Waals surface area (Å²) >= 11 is 0. The molecule has 2 aromatic rings. The average molecular weight is 266 g/mol. The molecule has 1 aliphatic rings. The molecule has 104 valence electrons. The van der Waals surface area contributed by atoms with E-state index in [1.54, 1.807) is 0 Å². The van der Waals surface area contributed by atoms with E-state index in [4.69, 9.17) is 0 Å². The van der Waals surface area contributed by atoms with Crippen LogP contribution in [0, 0.1) is 0 Å². The maximum atomic E-state index is 3.65. The molecule has 20 heavy (non-hydrogen) atoms. The van der Waals surface area contributed by atoms with Gasteiger partial charge < -0.3 is 0 Å². The minimum absolute atomic E-state index is 0.438. The van der Waals surface area contributed by atoms with Gasteiger partial charge in [0, 0.05) is 25.6 Å². The largest absolute Gasteiger partial charge is 0.300 e. The smallest absolute Gasteiger partial charge is 0.0644 e. The van der Waals surface area contributed by atoms with Crippen LogP contribution < -0.4 is 5.32 Å². The van der Waals surface area contributed by atoms with E-state index in [9.17, 15) is 0 Å². The molecule has 0 saturated carbocycles. The van der Waals surface area contributed by atoms with E-state index >= 15 is 0 Å². The summed E-state index contributed by atoms with van der Waals surface area (Å²) in [5, 5.41) is 3.65. The summed E-state index contributed by atoms with van der Waals surface area (Å²) in [4.78, 5) is 2.57. The highest BCUT2D eigenvalue weighted by Gasteiger charge is 2.29. The summed E-state index contributed by atoms with van der Waals surface area (Å²) in [5.41, 5.74) is 2.79. The Labute approximate surface area is 121 Å². The Kier molecular flexibility index (Phi) is 4.14. The molecule has 1 heterocycles. The van der Waals surface area contributed by atoms with Crippen molar-refractivity contribution in [3.63, 3.8) is 0 Å². The van der Waals surface area contributed by atoms with Crippen molar-refractivity contribution < 1.29 is 0 Å². The second-order valence-corrected chi connectivity index (χ2v) is 5.62. The first-order valence-corrected chi connectivity index (χ1v) is 7.40. The number of rotatable bonds is 4. The molecule has 1 fully saturated rings. The molecule has 3 rings (SSSR count). The molecule has 2 aromatic carbocycles. The zero-order chi connectivity index (χ0) is 13.8. The lowest BCUT2D eigenvalue weighted by atomic mass is 10.1. The summed E-state index contributed by atoms with van der Waals surface area (Å²) < 4.78 is 0. The van der Waals surface area contributed by atoms with Crippen molar-refractivity contribution in [2.24, 2.45) is 0 Å². The van der Waals surface area contributed by atoms with E-state index in [0.717, 1.165) is 19.5 Å². The van der Waals surface area contributed by atoms with Gasteiger partial charge in [0.2, 0.25) is 0 Å². The average Bonchev–Trinajstić information content (AvgIpc) is 2.83. The Morgan fingerprint density at radius 2 is 1.55 bits per heavy atom. The Morgan fingerprint density at radius 3 is 2.20 bits per heavy atom. The second-order valence-electron chi connectivity index (χ2n) is 5.62. The van der Waals surface area contributed by atoms with Gasteiger partial charge in [0.05, 0.1) is 6.17 Å². The molecule has 1 saturated heterocycles. The van der Waals surface area contributed by atoms with Crippen molar-refractivity contribution in [3.05, 3.63) is 71.8 Å². The number of hydrogen-bond acceptors (Lipinski definition) is 2. The topological polar surface area (TPSA) is 15.3 Å². The van der Waals surface area contributed by atoms with Crippen molar-refractivity contribution >= 4 is 0 Å². The first-order valence-electron chi connectivity index (χ1n) is 7.40. The van der Waals surface area contributed by atoms with Crippen molar-refractivity contribution in [1.29, 1.82) is 0 Å². The first kappa shape index (κ1) is 13.3. The van der Waals surface area contributed by atoms with Gasteiger partial charge in [-0.2, -0.15) is 0 Å². The maximum absolute atomic E-state index is 3.65. The maximum Gasteiger partial charge on any atom is 0.0644 e. The van der Waals surface area contributed by atoms with E-state index < -0.39 is 0 Å². The van der Waals surface area contributed by atoms with Gasteiger partial charge in [-0.1, -0.05) is 60.7 Å². The van der Waals surface area contributed by atoms with Crippen LogP contribution in [0.3, 0.4) is 0 Å². The first-order chi connectivity index (χ1) is 9.83. The Balaban J connectivity index is 1.70. The fourth-order valence-corrected chi connectivity index (χ4v) is 2.94. The van der Waals surface area contributed by atoms with Gasteiger partial charge in [0.1, 0.15) is 0 Å². The third kappa shape index (κ3) is 3.09. The quantitative estimate of drug-likeness (QED) is 0.915. The second kappa shape index (κ2) is 6.21. The number of hydrogen-bond donors (Lipinski definition) is 1. The van der Waals surface area contributed by atoms with Gasteiger partial charge in [-0.15, -0.1) is 0 Å². The molecule has 2 atom stereocenters. The van der Waals surface area contributed by atoms with E-state index in [2.05, 4.69) is 77.8 Å². The molecule has 0 aromatic heterocycles. The van der Waals surface area contributed by atoms with Gasteiger partial charge in [-0.05, 0) is 18.1 Å². The molecule has 1 N–H and O–H groups in total. The van der Waals surface area contributed by atoms with Crippen LogP contribution in [0.2, 0.25) is 0 Å². The molecule has 2 heteroatoms. The highest BCUT2D eigenvalue weighted by molar-refractivity contribution is 5.18. The van der Waals surface area contributed by atoms with E-state index in [0.29, 0.717) is 12.2 Å². The van der Waals surface area contributed by atoms with Crippen LogP contribution in [0.1, 0.15) is 18.1 Å². The normalized spacial score (nSPS) is 23.1. The molecule has 0 amide bonds. The molecule has 1 aliphatic heterocycles. The number of nitrogens with zero attached hydrogens (tertiary/aromatic N) is 1. The number of benzene rings is 2. The third-order valence-electron chi connectivity index (χ3n) is 4.10. The Bertz CT molecular complexity index is 524. The molecule has 0 aliphatic carbocycles. The molecule has 0 radical (unpaired) electrons. The van der Waals surface area contributed by atoms with Crippen molar-refractivity contribution in [1.82, 2.24) is 10.2 Å². The van der Waals surface area contributed by atoms with Gasteiger partial charge in [-0.3, -0.25) is 10.2 Å². The van der Waals surface area contributed by atoms with E-state index in [1.807, 2.05) is 0 Å². The monoisotopic (exact) mass is 266 g/mol. The summed E-state index contributed by atoms with van der Waals surface area (Å²) in [6.07, 6.45) is 1.51. The zero-order valence-electron chi connectivity index (χ0n) is 12.0. The Morgan fingerprint density at radius 1 is 0.950 bits per heavy atom. The van der Waals surface area contributed by atoms with Crippen LogP contribution in [-0.2, 0) is 13.0 Å². The fourth-order valence-electron chi connectivity index (χ4n) is 2.94. The SMILES string of the molecule is CC1CNC(Cc2ccccc2)N1Cc1ccccc1. The van der Waals surface area contributed by atoms with E-state index in [1.165, 1.54) is 11.1 Å². The van der Waals surface area contributed by atoms with Crippen LogP contribution in [0.15, 0.2) is 60.7 Å². The summed E-state index contributed by atoms with van der Waals surface area (Å²) in [6.45, 7) is 4.40. The van der Waals surface area contributed by atoms with Crippen molar-refractivity contribution in [2.75, 3.05) is 6.54 Å². The van der Waals surface area contributed by atoms with Crippen LogP contribution in [-0.4, -0.2) is 23.7 Å². The van der Waals surface area contributed by atoms with Crippen molar-refractivity contribution in [3.8, 4) is 0 Å². The van der Waals surface area contributed by atoms with Crippen LogP contribution >= 0.6 is 0 Å². The lowest BCUT2D eigenvalue weighted by molar-refractivity contribution is 0.187. The summed E-state index contributed by atoms with van der Waals surface area (Å²) in [7, 11) is 0. The van der Waals surface area contributed by atoms with Crippen LogP contribution in [0.4, 0.5) is 0 Å². The predicted octanol–water partition coefficient (Wildman–Crippen LogP) is 3.05.